The number of benzene rings is 3. The Morgan fingerprint density at radius 3 is 2.45 bits per heavy atom. The van der Waals surface area contributed by atoms with Gasteiger partial charge in [0.25, 0.3) is 0 Å². The number of carboxylic acid groups (broad SMARTS) is 2. The van der Waals surface area contributed by atoms with Gasteiger partial charge in [-0.2, -0.15) is 0 Å². The van der Waals surface area contributed by atoms with Gasteiger partial charge in [-0.1, -0.05) is 12.5 Å². The highest BCUT2D eigenvalue weighted by atomic mass is 31.2. The predicted octanol–water partition coefficient (Wildman–Crippen LogP) is 2.33. The van der Waals surface area contributed by atoms with E-state index in [-0.39, 0.29) is 29.5 Å². The van der Waals surface area contributed by atoms with E-state index < -0.39 is 19.5 Å². The maximum atomic E-state index is 13.6. The van der Waals surface area contributed by atoms with E-state index in [1.807, 2.05) is 0 Å². The highest BCUT2D eigenvalue weighted by Gasteiger charge is 2.36. The van der Waals surface area contributed by atoms with Gasteiger partial charge in [-0.05, 0) is 86.8 Å². The van der Waals surface area contributed by atoms with Crippen LogP contribution in [0.4, 0.5) is 5.69 Å². The zero-order chi connectivity index (χ0) is 33.9. The number of carbonyl (C=O) groups excluding carboxylic acids is 1. The first-order valence-corrected chi connectivity index (χ1v) is 19.2. The number of anilines is 1. The second-order valence-corrected chi connectivity index (χ2v) is 15.7. The molecule has 3 aromatic carbocycles. The summed E-state index contributed by atoms with van der Waals surface area (Å²) in [5.74, 6) is -0.794. The third-order valence-electron chi connectivity index (χ3n) is 10.8. The van der Waals surface area contributed by atoms with Gasteiger partial charge in [-0.25, -0.2) is 4.58 Å². The monoisotopic (exact) mass is 683 g/mol. The van der Waals surface area contributed by atoms with E-state index in [1.54, 1.807) is 0 Å². The molecule has 0 fully saturated rings. The lowest BCUT2D eigenvalue weighted by Gasteiger charge is -2.39. The molecule has 5 aliphatic rings. The minimum absolute atomic E-state index is 0.0141. The number of ether oxygens (including phenoxy) is 1. The molecule has 3 aromatic rings. The Balaban J connectivity index is 1.34. The molecule has 0 saturated carbocycles. The minimum atomic E-state index is -4.61. The van der Waals surface area contributed by atoms with Gasteiger partial charge in [-0.15, -0.1) is 0 Å². The normalized spacial score (nSPS) is 18.4. The predicted molar refractivity (Wildman–Crippen MR) is 180 cm³/mol. The van der Waals surface area contributed by atoms with Gasteiger partial charge >= 0.3 is 5.97 Å². The van der Waals surface area contributed by atoms with Gasteiger partial charge in [0.05, 0.1) is 18.1 Å². The van der Waals surface area contributed by atoms with Crippen molar-refractivity contribution in [1.29, 1.82) is 0 Å². The number of fused-ring (bicyclic) bond motifs is 4. The molecule has 0 amide bonds. The van der Waals surface area contributed by atoms with Crippen molar-refractivity contribution in [3.8, 4) is 11.5 Å². The van der Waals surface area contributed by atoms with Gasteiger partial charge in [0.1, 0.15) is 24.6 Å². The number of hydrogen-bond donors (Lipinski definition) is 1. The fourth-order valence-electron chi connectivity index (χ4n) is 8.71. The van der Waals surface area contributed by atoms with Crippen molar-refractivity contribution in [2.75, 3.05) is 37.7 Å². The zero-order valence-corrected chi connectivity index (χ0v) is 28.4. The summed E-state index contributed by atoms with van der Waals surface area (Å²) in [7, 11) is -4.61. The molecule has 11 heteroatoms. The molecule has 49 heavy (non-hydrogen) atoms. The second-order valence-electron chi connectivity index (χ2n) is 13.9. The molecular weight excluding hydrogens is 643 g/mol. The molecule has 1 atom stereocenters. The average molecular weight is 684 g/mol. The van der Waals surface area contributed by atoms with Crippen molar-refractivity contribution >= 4 is 36.1 Å². The summed E-state index contributed by atoms with van der Waals surface area (Å²) in [6.45, 7) is 3.89. The lowest BCUT2D eigenvalue weighted by Crippen LogP contribution is -2.45. The fourth-order valence-corrected chi connectivity index (χ4v) is 9.77. The quantitative estimate of drug-likeness (QED) is 0.151. The summed E-state index contributed by atoms with van der Waals surface area (Å²) < 4.78 is 28.5. The SMILES string of the molecule is O=C(O)CCCCCOP(=O)([O-])c1ccc(C(=O)[O-])c(C2=c3cc4c5c(c3Oc3c2cc2c6c3CCCN6CCC2)CCC[N+]=5CCC4)c1. The van der Waals surface area contributed by atoms with Gasteiger partial charge in [0.2, 0.25) is 5.36 Å². The van der Waals surface area contributed by atoms with Crippen LogP contribution < -0.4 is 40.1 Å². The lowest BCUT2D eigenvalue weighted by molar-refractivity contribution is -0.255. The highest BCUT2D eigenvalue weighted by molar-refractivity contribution is 7.59. The van der Waals surface area contributed by atoms with Crippen LogP contribution in [0.15, 0.2) is 30.3 Å². The average Bonchev–Trinajstić information content (AvgIpc) is 3.09. The lowest BCUT2D eigenvalue weighted by atomic mass is 9.82. The summed E-state index contributed by atoms with van der Waals surface area (Å²) in [5, 5.41) is 23.6. The molecule has 5 heterocycles. The van der Waals surface area contributed by atoms with Crippen LogP contribution in [0.25, 0.3) is 5.57 Å². The Bertz CT molecular complexity index is 2080. The Morgan fingerprint density at radius 1 is 0.898 bits per heavy atom. The van der Waals surface area contributed by atoms with Gasteiger partial charge in [0.15, 0.2) is 7.60 Å². The largest absolute Gasteiger partial charge is 0.775 e. The standard InChI is InChI=1S/C38H41N2O8P/c41-32(42)12-2-1-3-19-47-49(45,46)25-13-14-26(38(43)44)29(22-25)33-30-20-23-8-4-15-39-17-6-10-27(34(23)39)36(30)48-37-28-11-7-18-40-16-5-9-24(35(28)40)21-31(33)37/h13-14,20-22H,1-12,15-19H2,(H2-,41,42,43,44,45,46)/p-1. The Morgan fingerprint density at radius 2 is 1.65 bits per heavy atom. The topological polar surface area (TPSA) is 142 Å². The molecule has 256 valence electrons. The van der Waals surface area contributed by atoms with Crippen LogP contribution in [0.1, 0.15) is 95.1 Å². The molecule has 0 aromatic heterocycles. The van der Waals surface area contributed by atoms with E-state index in [2.05, 4.69) is 21.6 Å². The molecule has 10 nitrogen and oxygen atoms in total. The molecule has 0 radical (unpaired) electrons. The van der Waals surface area contributed by atoms with Crippen molar-refractivity contribution in [1.82, 2.24) is 4.58 Å². The molecule has 1 unspecified atom stereocenters. The number of unbranched alkanes of at least 4 members (excludes halogenated alkanes) is 2. The first-order valence-electron chi connectivity index (χ1n) is 17.7. The summed E-state index contributed by atoms with van der Waals surface area (Å²) in [5.41, 5.74) is 7.58. The maximum absolute atomic E-state index is 13.6. The number of aliphatic carboxylic acids is 1. The van der Waals surface area contributed by atoms with Crippen LogP contribution in [0.5, 0.6) is 11.5 Å². The molecule has 0 saturated heterocycles. The molecule has 1 N–H and O–H groups in total. The number of aryl methyl sites for hydroxylation is 2. The maximum Gasteiger partial charge on any atom is 0.303 e. The van der Waals surface area contributed by atoms with Crippen molar-refractivity contribution in [2.45, 2.75) is 77.0 Å². The third kappa shape index (κ3) is 5.68. The van der Waals surface area contributed by atoms with Crippen molar-refractivity contribution in [2.24, 2.45) is 0 Å². The summed E-state index contributed by atoms with van der Waals surface area (Å²) >= 11 is 0. The van der Waals surface area contributed by atoms with Gasteiger partial charge < -0.3 is 38.6 Å². The molecule has 0 bridgehead atoms. The van der Waals surface area contributed by atoms with Gasteiger partial charge in [-0.3, -0.25) is 4.79 Å². The number of aromatic carboxylic acids is 1. The Hall–Kier alpha value is -3.98. The Labute approximate surface area is 284 Å². The van der Waals surface area contributed by atoms with Crippen LogP contribution in [0, 0.1) is 0 Å². The van der Waals surface area contributed by atoms with E-state index in [0.717, 1.165) is 111 Å². The molecule has 5 aliphatic heterocycles. The van der Waals surface area contributed by atoms with E-state index in [9.17, 15) is 24.2 Å². The first-order chi connectivity index (χ1) is 23.7. The summed E-state index contributed by atoms with van der Waals surface area (Å²) in [6.07, 6.45) is 8.88. The first kappa shape index (κ1) is 32.2. The minimum Gasteiger partial charge on any atom is -0.775 e. The number of carboxylic acids is 2. The highest BCUT2D eigenvalue weighted by Crippen LogP contribution is 2.49. The van der Waals surface area contributed by atoms with Crippen LogP contribution in [0.2, 0.25) is 0 Å². The number of carbonyl (C=O) groups is 2. The van der Waals surface area contributed by atoms with Crippen molar-refractivity contribution in [3.05, 3.63) is 79.9 Å². The second kappa shape index (κ2) is 12.7. The number of hydrogen-bond acceptors (Lipinski definition) is 8. The van der Waals surface area contributed by atoms with E-state index in [1.165, 1.54) is 40.4 Å². The number of rotatable bonds is 10. The summed E-state index contributed by atoms with van der Waals surface area (Å²) in [4.78, 5) is 39.6. The zero-order valence-electron chi connectivity index (χ0n) is 27.6. The van der Waals surface area contributed by atoms with Crippen LogP contribution in [-0.4, -0.2) is 49.8 Å². The van der Waals surface area contributed by atoms with Crippen LogP contribution >= 0.6 is 7.60 Å². The van der Waals surface area contributed by atoms with Crippen LogP contribution in [0.3, 0.4) is 0 Å². The summed E-state index contributed by atoms with van der Waals surface area (Å²) in [6, 6.07) is 8.33. The van der Waals surface area contributed by atoms with E-state index in [0.29, 0.717) is 24.8 Å². The van der Waals surface area contributed by atoms with E-state index >= 15 is 0 Å². The van der Waals surface area contributed by atoms with E-state index in [4.69, 9.17) is 14.4 Å². The van der Waals surface area contributed by atoms with Crippen molar-refractivity contribution < 1.29 is 38.5 Å². The molecular formula is C38H40N2O8P-. The number of nitrogens with zero attached hydrogens (tertiary/aromatic N) is 2. The molecule has 8 rings (SSSR count). The fraction of sp³-hybridized carbons (Fsp3) is 0.447. The van der Waals surface area contributed by atoms with Gasteiger partial charge in [0, 0.05) is 76.4 Å². The smallest absolute Gasteiger partial charge is 0.303 e. The third-order valence-corrected chi connectivity index (χ3v) is 12.2. The molecule has 0 aliphatic carbocycles. The van der Waals surface area contributed by atoms with Crippen LogP contribution in [-0.2, 0) is 39.6 Å². The Kier molecular flexibility index (Phi) is 8.37. The van der Waals surface area contributed by atoms with Crippen molar-refractivity contribution in [3.63, 3.8) is 0 Å². The molecule has 0 spiro atoms.